The lowest BCUT2D eigenvalue weighted by Gasteiger charge is -2.32. The fourth-order valence-electron chi connectivity index (χ4n) is 2.83. The van der Waals surface area contributed by atoms with Crippen molar-refractivity contribution in [2.45, 2.75) is 19.4 Å². The lowest BCUT2D eigenvalue weighted by atomic mass is 9.93. The van der Waals surface area contributed by atoms with Crippen LogP contribution in [-0.2, 0) is 9.59 Å². The van der Waals surface area contributed by atoms with Crippen molar-refractivity contribution >= 4 is 23.8 Å². The van der Waals surface area contributed by atoms with Crippen LogP contribution in [0.3, 0.4) is 0 Å². The summed E-state index contributed by atoms with van der Waals surface area (Å²) in [7, 11) is 0. The molecule has 1 aliphatic rings. The number of aromatic nitrogens is 1. The maximum absolute atomic E-state index is 12.3. The van der Waals surface area contributed by atoms with Gasteiger partial charge in [0.1, 0.15) is 5.69 Å². The van der Waals surface area contributed by atoms with Crippen LogP contribution in [0.15, 0.2) is 54.9 Å². The summed E-state index contributed by atoms with van der Waals surface area (Å²) in [4.78, 5) is 41.6. The molecule has 7 nitrogen and oxygen atoms in total. The lowest BCUT2D eigenvalue weighted by molar-refractivity contribution is -0.130. The number of nitrogens with zero attached hydrogens (tertiary/aromatic N) is 2. The highest BCUT2D eigenvalue weighted by Crippen LogP contribution is 2.32. The number of rotatable bonds is 3. The van der Waals surface area contributed by atoms with Crippen molar-refractivity contribution in [1.82, 2.24) is 20.7 Å². The summed E-state index contributed by atoms with van der Waals surface area (Å²) < 4.78 is 0. The van der Waals surface area contributed by atoms with Gasteiger partial charge in [0.05, 0.1) is 12.5 Å². The third-order valence-corrected chi connectivity index (χ3v) is 4.06. The molecule has 1 atom stereocenters. The lowest BCUT2D eigenvalue weighted by Crippen LogP contribution is -2.44. The number of hydrogen-bond acceptors (Lipinski definition) is 4. The van der Waals surface area contributed by atoms with E-state index in [9.17, 15) is 14.4 Å². The molecule has 0 radical (unpaired) electrons. The third kappa shape index (κ3) is 3.77. The van der Waals surface area contributed by atoms with Gasteiger partial charge >= 0.3 is 0 Å². The van der Waals surface area contributed by atoms with E-state index < -0.39 is 17.9 Å². The van der Waals surface area contributed by atoms with Crippen LogP contribution in [0.2, 0.25) is 0 Å². The predicted octanol–water partition coefficient (Wildman–Crippen LogP) is 1.81. The number of carbonyl (C=O) groups is 3. The number of benzene rings is 1. The van der Waals surface area contributed by atoms with Crippen LogP contribution in [0, 0.1) is 0 Å². The highest BCUT2D eigenvalue weighted by molar-refractivity contribution is 5.93. The van der Waals surface area contributed by atoms with Crippen molar-refractivity contribution in [2.24, 2.45) is 0 Å². The van der Waals surface area contributed by atoms with Gasteiger partial charge in [0.15, 0.2) is 0 Å². The number of carbonyl (C=O) groups excluding carboxylic acids is 3. The van der Waals surface area contributed by atoms with Crippen molar-refractivity contribution in [3.63, 3.8) is 0 Å². The van der Waals surface area contributed by atoms with E-state index in [1.165, 1.54) is 18.0 Å². The zero-order chi connectivity index (χ0) is 18.5. The molecule has 132 valence electrons. The molecular weight excluding hydrogens is 332 g/mol. The fraction of sp³-hybridized carbons (Fsp3) is 0.158. The Bertz CT molecular complexity index is 864. The maximum Gasteiger partial charge on any atom is 0.288 e. The molecule has 1 aromatic carbocycles. The van der Waals surface area contributed by atoms with E-state index in [1.807, 2.05) is 30.3 Å². The molecule has 0 saturated carbocycles. The van der Waals surface area contributed by atoms with Gasteiger partial charge in [-0.25, -0.2) is 0 Å². The summed E-state index contributed by atoms with van der Waals surface area (Å²) in [6.45, 7) is 1.45. The molecule has 7 heteroatoms. The first-order valence-electron chi connectivity index (χ1n) is 8.12. The molecule has 0 fully saturated rings. The summed E-state index contributed by atoms with van der Waals surface area (Å²) >= 11 is 0. The molecule has 3 rings (SSSR count). The van der Waals surface area contributed by atoms with Gasteiger partial charge in [0, 0.05) is 19.3 Å². The number of amides is 3. The molecule has 1 aliphatic heterocycles. The van der Waals surface area contributed by atoms with E-state index in [1.54, 1.807) is 24.4 Å². The smallest absolute Gasteiger partial charge is 0.288 e. The number of fused-ring (bicyclic) bond motifs is 1. The molecular formula is C19H18N4O3. The number of hydrazine groups is 1. The minimum atomic E-state index is -0.508. The topological polar surface area (TPSA) is 91.4 Å². The predicted molar refractivity (Wildman–Crippen MR) is 95.2 cm³/mol. The van der Waals surface area contributed by atoms with Crippen LogP contribution in [0.1, 0.15) is 41.0 Å². The Hall–Kier alpha value is -3.48. The summed E-state index contributed by atoms with van der Waals surface area (Å²) in [6, 6.07) is 12.1. The zero-order valence-corrected chi connectivity index (χ0v) is 14.2. The van der Waals surface area contributed by atoms with Gasteiger partial charge in [-0.2, -0.15) is 0 Å². The molecule has 2 heterocycles. The highest BCUT2D eigenvalue weighted by Gasteiger charge is 2.28. The van der Waals surface area contributed by atoms with Crippen molar-refractivity contribution in [3.8, 4) is 0 Å². The van der Waals surface area contributed by atoms with Crippen molar-refractivity contribution < 1.29 is 14.4 Å². The fourth-order valence-corrected chi connectivity index (χ4v) is 2.83. The minimum Gasteiger partial charge on any atom is -0.311 e. The first-order valence-corrected chi connectivity index (χ1v) is 8.12. The average molecular weight is 350 g/mol. The number of pyridine rings is 1. The molecule has 1 aromatic heterocycles. The quantitative estimate of drug-likeness (QED) is 0.826. The molecule has 3 amide bonds. The average Bonchev–Trinajstić information content (AvgIpc) is 2.66. The Kier molecular flexibility index (Phi) is 5.07. The van der Waals surface area contributed by atoms with Crippen molar-refractivity contribution in [1.29, 1.82) is 0 Å². The molecule has 2 N–H and O–H groups in total. The second kappa shape index (κ2) is 7.60. The normalized spacial score (nSPS) is 15.1. The van der Waals surface area contributed by atoms with E-state index in [0.29, 0.717) is 0 Å². The van der Waals surface area contributed by atoms with Crippen LogP contribution in [0.25, 0.3) is 6.08 Å². The SMILES string of the molecule is CC(=O)N1C=Cc2ccccc2[C@@H]1CC(=O)NNC(=O)c1ccccn1. The van der Waals surface area contributed by atoms with Crippen molar-refractivity contribution in [3.05, 3.63) is 71.7 Å². The van der Waals surface area contributed by atoms with Gasteiger partial charge < -0.3 is 4.90 Å². The van der Waals surface area contributed by atoms with E-state index in [-0.39, 0.29) is 18.0 Å². The van der Waals surface area contributed by atoms with Gasteiger partial charge in [-0.3, -0.25) is 30.2 Å². The first kappa shape index (κ1) is 17.3. The third-order valence-electron chi connectivity index (χ3n) is 4.06. The molecule has 0 aliphatic carbocycles. The second-order valence-electron chi connectivity index (χ2n) is 5.81. The summed E-state index contributed by atoms with van der Waals surface area (Å²) in [5, 5.41) is 0. The van der Waals surface area contributed by atoms with Crippen LogP contribution in [0.5, 0.6) is 0 Å². The van der Waals surface area contributed by atoms with E-state index in [2.05, 4.69) is 15.8 Å². The van der Waals surface area contributed by atoms with Crippen LogP contribution >= 0.6 is 0 Å². The van der Waals surface area contributed by atoms with E-state index in [4.69, 9.17) is 0 Å². The van der Waals surface area contributed by atoms with Gasteiger partial charge in [-0.15, -0.1) is 0 Å². The van der Waals surface area contributed by atoms with E-state index in [0.717, 1.165) is 11.1 Å². The Morgan fingerprint density at radius 1 is 1.08 bits per heavy atom. The van der Waals surface area contributed by atoms with Gasteiger partial charge in [0.25, 0.3) is 5.91 Å². The molecule has 26 heavy (non-hydrogen) atoms. The van der Waals surface area contributed by atoms with Gasteiger partial charge in [0.2, 0.25) is 11.8 Å². The van der Waals surface area contributed by atoms with E-state index >= 15 is 0 Å². The molecule has 0 spiro atoms. The van der Waals surface area contributed by atoms with Crippen molar-refractivity contribution in [2.75, 3.05) is 0 Å². The summed E-state index contributed by atoms with van der Waals surface area (Å²) in [6.07, 6.45) is 5.03. The Morgan fingerprint density at radius 2 is 1.85 bits per heavy atom. The minimum absolute atomic E-state index is 0.0173. The van der Waals surface area contributed by atoms with Gasteiger partial charge in [-0.05, 0) is 29.3 Å². The van der Waals surface area contributed by atoms with Crippen LogP contribution < -0.4 is 10.9 Å². The van der Waals surface area contributed by atoms with Gasteiger partial charge in [-0.1, -0.05) is 30.3 Å². The Morgan fingerprint density at radius 3 is 2.58 bits per heavy atom. The molecule has 0 unspecified atom stereocenters. The number of nitrogens with one attached hydrogen (secondary N) is 2. The maximum atomic E-state index is 12.3. The first-order chi connectivity index (χ1) is 12.6. The standard InChI is InChI=1S/C19H18N4O3/c1-13(24)23-11-9-14-6-2-3-7-15(14)17(23)12-18(25)21-22-19(26)16-8-4-5-10-20-16/h2-11,17H,12H2,1H3,(H,21,25)(H,22,26)/t17-/m0/s1. The molecule has 0 saturated heterocycles. The second-order valence-corrected chi connectivity index (χ2v) is 5.81. The molecule has 0 bridgehead atoms. The highest BCUT2D eigenvalue weighted by atomic mass is 16.2. The largest absolute Gasteiger partial charge is 0.311 e. The van der Waals surface area contributed by atoms with Crippen LogP contribution in [-0.4, -0.2) is 27.6 Å². The summed E-state index contributed by atoms with van der Waals surface area (Å²) in [5.74, 6) is -1.08. The van der Waals surface area contributed by atoms with Crippen LogP contribution in [0.4, 0.5) is 0 Å². The number of hydrogen-bond donors (Lipinski definition) is 2. The Balaban J connectivity index is 1.68. The zero-order valence-electron chi connectivity index (χ0n) is 14.2. The summed E-state index contributed by atoms with van der Waals surface area (Å²) in [5.41, 5.74) is 6.75. The Labute approximate surface area is 150 Å². The monoisotopic (exact) mass is 350 g/mol. The molecule has 2 aromatic rings.